The number of hydrogen-bond acceptors (Lipinski definition) is 3. The van der Waals surface area contributed by atoms with Crippen LogP contribution in [-0.4, -0.2) is 29.9 Å². The fraction of sp³-hybridized carbons (Fsp3) is 0.357. The highest BCUT2D eigenvalue weighted by Gasteiger charge is 2.19. The molecule has 0 saturated carbocycles. The van der Waals surface area contributed by atoms with E-state index >= 15 is 0 Å². The van der Waals surface area contributed by atoms with Crippen LogP contribution < -0.4 is 0 Å². The lowest BCUT2D eigenvalue weighted by molar-refractivity contribution is 0.102. The molecule has 0 atom stereocenters. The molecule has 0 amide bonds. The molecule has 104 valence electrons. The lowest BCUT2D eigenvalue weighted by atomic mass is 9.99. The molecule has 0 radical (unpaired) electrons. The molecular formula is C14H17BrClNO2. The Morgan fingerprint density at radius 1 is 1.42 bits per heavy atom. The number of Topliss-reactive ketones (excluding diaryl/α,β-unsaturated/α-hetero) is 1. The van der Waals surface area contributed by atoms with Crippen molar-refractivity contribution < 1.29 is 9.90 Å². The molecule has 0 unspecified atom stereocenters. The van der Waals surface area contributed by atoms with E-state index in [4.69, 9.17) is 11.6 Å². The number of carbonyl (C=O) groups excluding carboxylic acids is 1. The van der Waals surface area contributed by atoms with Crippen molar-refractivity contribution in [1.82, 2.24) is 4.90 Å². The third kappa shape index (κ3) is 3.98. The van der Waals surface area contributed by atoms with Crippen LogP contribution in [-0.2, 0) is 0 Å². The van der Waals surface area contributed by atoms with E-state index in [9.17, 15) is 9.90 Å². The molecule has 0 aliphatic heterocycles. The Kier molecular flexibility index (Phi) is 5.88. The summed E-state index contributed by atoms with van der Waals surface area (Å²) in [5.41, 5.74) is 0.790. The average Bonchev–Trinajstić information content (AvgIpc) is 2.34. The number of phenols is 1. The zero-order valence-electron chi connectivity index (χ0n) is 11.2. The molecule has 0 bridgehead atoms. The van der Waals surface area contributed by atoms with Gasteiger partial charge in [0.2, 0.25) is 0 Å². The first-order valence-electron chi connectivity index (χ1n) is 5.97. The van der Waals surface area contributed by atoms with Crippen LogP contribution in [0, 0.1) is 0 Å². The van der Waals surface area contributed by atoms with Crippen molar-refractivity contribution in [3.63, 3.8) is 0 Å². The second-order valence-corrected chi connectivity index (χ2v) is 5.68. The number of benzene rings is 1. The number of ketones is 1. The molecular weight excluding hydrogens is 330 g/mol. The van der Waals surface area contributed by atoms with Crippen molar-refractivity contribution in [3.8, 4) is 5.75 Å². The maximum Gasteiger partial charge on any atom is 0.195 e. The van der Waals surface area contributed by atoms with E-state index in [0.717, 1.165) is 10.9 Å². The number of nitrogens with zero attached hydrogens (tertiary/aromatic N) is 1. The highest BCUT2D eigenvalue weighted by Crippen LogP contribution is 2.28. The predicted octanol–water partition coefficient (Wildman–Crippen LogP) is 4.15. The summed E-state index contributed by atoms with van der Waals surface area (Å²) in [6, 6.07) is 4.82. The number of halogens is 2. The Bertz CT molecular complexity index is 512. The molecule has 1 rings (SSSR count). The van der Waals surface area contributed by atoms with Crippen LogP contribution >= 0.6 is 27.5 Å². The number of phenolic OH excluding ortho intramolecular Hbond substituents is 1. The first-order valence-corrected chi connectivity index (χ1v) is 7.14. The van der Waals surface area contributed by atoms with Crippen molar-refractivity contribution in [2.24, 2.45) is 0 Å². The second kappa shape index (κ2) is 6.96. The maximum atomic E-state index is 12.5. The van der Waals surface area contributed by atoms with E-state index in [1.165, 1.54) is 6.07 Å². The molecule has 5 heteroatoms. The first kappa shape index (κ1) is 16.1. The Morgan fingerprint density at radius 2 is 2.05 bits per heavy atom. The van der Waals surface area contributed by atoms with E-state index in [2.05, 4.69) is 15.9 Å². The summed E-state index contributed by atoms with van der Waals surface area (Å²) < 4.78 is 0.723. The largest absolute Gasteiger partial charge is 0.507 e. The summed E-state index contributed by atoms with van der Waals surface area (Å²) in [5, 5.41) is 10.3. The Morgan fingerprint density at radius 3 is 2.53 bits per heavy atom. The average molecular weight is 347 g/mol. The number of hydrogen-bond donors (Lipinski definition) is 1. The molecule has 0 aliphatic carbocycles. The summed E-state index contributed by atoms with van der Waals surface area (Å²) in [4.78, 5) is 14.2. The van der Waals surface area contributed by atoms with E-state index < -0.39 is 0 Å². The molecule has 1 aromatic carbocycles. The van der Waals surface area contributed by atoms with Crippen LogP contribution in [0.15, 0.2) is 33.4 Å². The lowest BCUT2D eigenvalue weighted by Gasteiger charge is -2.16. The van der Waals surface area contributed by atoms with Crippen LogP contribution in [0.4, 0.5) is 0 Å². The van der Waals surface area contributed by atoms with Gasteiger partial charge in [0, 0.05) is 24.1 Å². The molecule has 0 spiro atoms. The van der Waals surface area contributed by atoms with E-state index in [-0.39, 0.29) is 17.1 Å². The molecule has 3 nitrogen and oxygen atoms in total. The molecule has 0 aliphatic rings. The zero-order valence-corrected chi connectivity index (χ0v) is 13.5. The third-order valence-corrected chi connectivity index (χ3v) is 3.68. The standard InChI is InChI=1S/C14H17BrClNO2/c1-4-5-11(14(16)17(2)3)13(19)10-7-6-9(15)8-12(10)18/h6-8,18H,4-5H2,1-3H3. The molecule has 19 heavy (non-hydrogen) atoms. The van der Waals surface area contributed by atoms with Crippen LogP contribution in [0.5, 0.6) is 5.75 Å². The quantitative estimate of drug-likeness (QED) is 0.494. The molecule has 0 fully saturated rings. The smallest absolute Gasteiger partial charge is 0.195 e. The van der Waals surface area contributed by atoms with Crippen molar-refractivity contribution in [3.05, 3.63) is 39.0 Å². The molecule has 0 heterocycles. The molecule has 1 N–H and O–H groups in total. The zero-order chi connectivity index (χ0) is 14.6. The summed E-state index contributed by atoms with van der Waals surface area (Å²) in [7, 11) is 3.57. The molecule has 0 aromatic heterocycles. The summed E-state index contributed by atoms with van der Waals surface area (Å²) >= 11 is 9.43. The van der Waals surface area contributed by atoms with Gasteiger partial charge in [0.1, 0.15) is 10.9 Å². The van der Waals surface area contributed by atoms with Gasteiger partial charge in [0.05, 0.1) is 5.56 Å². The van der Waals surface area contributed by atoms with E-state index in [1.54, 1.807) is 31.1 Å². The highest BCUT2D eigenvalue weighted by molar-refractivity contribution is 9.10. The van der Waals surface area contributed by atoms with E-state index in [1.807, 2.05) is 6.92 Å². The van der Waals surface area contributed by atoms with Crippen LogP contribution in [0.25, 0.3) is 0 Å². The normalized spacial score (nSPS) is 12.1. The van der Waals surface area contributed by atoms with Gasteiger partial charge in [0.25, 0.3) is 0 Å². The van der Waals surface area contributed by atoms with Crippen LogP contribution in [0.2, 0.25) is 0 Å². The number of aromatic hydroxyl groups is 1. The van der Waals surface area contributed by atoms with Crippen molar-refractivity contribution in [2.75, 3.05) is 14.1 Å². The van der Waals surface area contributed by atoms with Gasteiger partial charge in [-0.15, -0.1) is 0 Å². The summed E-state index contributed by atoms with van der Waals surface area (Å²) in [6.45, 7) is 1.98. The summed E-state index contributed by atoms with van der Waals surface area (Å²) in [5.74, 6) is -0.276. The van der Waals surface area contributed by atoms with Crippen molar-refractivity contribution >= 4 is 33.3 Å². The Labute approximate surface area is 127 Å². The summed E-state index contributed by atoms with van der Waals surface area (Å²) in [6.07, 6.45) is 1.38. The van der Waals surface area contributed by atoms with Crippen LogP contribution in [0.3, 0.4) is 0 Å². The Hall–Kier alpha value is -1.00. The topological polar surface area (TPSA) is 40.5 Å². The number of rotatable bonds is 5. The van der Waals surface area contributed by atoms with Gasteiger partial charge in [-0.3, -0.25) is 4.79 Å². The molecule has 1 aromatic rings. The second-order valence-electron chi connectivity index (χ2n) is 4.40. The van der Waals surface area contributed by atoms with Gasteiger partial charge < -0.3 is 10.0 Å². The SMILES string of the molecule is CCCC(C(=O)c1ccc(Br)cc1O)=C(Cl)N(C)C. The van der Waals surface area contributed by atoms with Gasteiger partial charge >= 0.3 is 0 Å². The number of carbonyl (C=O) groups is 1. The number of allylic oxidation sites excluding steroid dienone is 1. The minimum absolute atomic E-state index is 0.0452. The van der Waals surface area contributed by atoms with Crippen molar-refractivity contribution in [1.29, 1.82) is 0 Å². The molecule has 0 saturated heterocycles. The lowest BCUT2D eigenvalue weighted by Crippen LogP contribution is -2.14. The van der Waals surface area contributed by atoms with Gasteiger partial charge in [0.15, 0.2) is 5.78 Å². The Balaban J connectivity index is 3.24. The maximum absolute atomic E-state index is 12.5. The minimum atomic E-state index is -0.231. The van der Waals surface area contributed by atoms with Gasteiger partial charge in [-0.05, 0) is 24.6 Å². The first-order chi connectivity index (χ1) is 8.88. The minimum Gasteiger partial charge on any atom is -0.507 e. The van der Waals surface area contributed by atoms with Gasteiger partial charge in [-0.2, -0.15) is 0 Å². The predicted molar refractivity (Wildman–Crippen MR) is 81.6 cm³/mol. The van der Waals surface area contributed by atoms with Crippen LogP contribution in [0.1, 0.15) is 30.1 Å². The van der Waals surface area contributed by atoms with E-state index in [0.29, 0.717) is 17.2 Å². The van der Waals surface area contributed by atoms with Crippen molar-refractivity contribution in [2.45, 2.75) is 19.8 Å². The third-order valence-electron chi connectivity index (χ3n) is 2.62. The fourth-order valence-electron chi connectivity index (χ4n) is 1.69. The van der Waals surface area contributed by atoms with Gasteiger partial charge in [-0.1, -0.05) is 40.9 Å². The highest BCUT2D eigenvalue weighted by atomic mass is 79.9. The fourth-order valence-corrected chi connectivity index (χ4v) is 2.22. The van der Waals surface area contributed by atoms with Gasteiger partial charge in [-0.25, -0.2) is 0 Å². The monoisotopic (exact) mass is 345 g/mol.